The molecule has 1 amide bonds. The molecule has 0 aliphatic carbocycles. The summed E-state index contributed by atoms with van der Waals surface area (Å²) in [5.41, 5.74) is 2.38. The van der Waals surface area contributed by atoms with Crippen LogP contribution in [0.5, 0.6) is 5.75 Å². The summed E-state index contributed by atoms with van der Waals surface area (Å²) < 4.78 is 10.1. The molecule has 7 heteroatoms. The number of carbonyl (C=O) groups excluding carboxylic acids is 1. The molecule has 1 aromatic rings. The Hall–Kier alpha value is -1.86. The zero-order valence-electron chi connectivity index (χ0n) is 9.60. The number of pyridine rings is 1. The molecule has 0 atom stereocenters. The Bertz CT molecular complexity index is 359. The van der Waals surface area contributed by atoms with Gasteiger partial charge in [-0.3, -0.25) is 4.79 Å². The Kier molecular flexibility index (Phi) is 5.76. The summed E-state index contributed by atoms with van der Waals surface area (Å²) >= 11 is 0. The van der Waals surface area contributed by atoms with Crippen molar-refractivity contribution >= 4 is 11.7 Å². The van der Waals surface area contributed by atoms with E-state index < -0.39 is 0 Å². The number of hydrogen-bond acceptors (Lipinski definition) is 6. The second-order valence-electron chi connectivity index (χ2n) is 3.13. The third kappa shape index (κ3) is 4.66. The number of anilines is 1. The first-order chi connectivity index (χ1) is 8.27. The summed E-state index contributed by atoms with van der Waals surface area (Å²) in [6.45, 7) is 0.825. The van der Waals surface area contributed by atoms with Gasteiger partial charge in [-0.05, 0) is 12.1 Å². The van der Waals surface area contributed by atoms with Gasteiger partial charge in [-0.2, -0.15) is 0 Å². The van der Waals surface area contributed by atoms with E-state index >= 15 is 0 Å². The van der Waals surface area contributed by atoms with E-state index in [-0.39, 0.29) is 12.5 Å². The lowest BCUT2D eigenvalue weighted by Gasteiger charge is -2.09. The van der Waals surface area contributed by atoms with Crippen LogP contribution in [0.2, 0.25) is 0 Å². The number of methoxy groups -OCH3 is 1. The first kappa shape index (κ1) is 13.2. The Morgan fingerprint density at radius 3 is 3.12 bits per heavy atom. The Morgan fingerprint density at radius 1 is 1.59 bits per heavy atom. The lowest BCUT2D eigenvalue weighted by molar-refractivity contribution is -0.123. The molecule has 0 radical (unpaired) electrons. The molecule has 1 heterocycles. The van der Waals surface area contributed by atoms with Gasteiger partial charge in [-0.1, -0.05) is 0 Å². The highest BCUT2D eigenvalue weighted by Crippen LogP contribution is 2.18. The fourth-order valence-electron chi connectivity index (χ4n) is 1.10. The van der Waals surface area contributed by atoms with Crippen molar-refractivity contribution in [3.05, 3.63) is 18.3 Å². The van der Waals surface area contributed by atoms with E-state index in [2.05, 4.69) is 15.7 Å². The minimum absolute atomic E-state index is 0.0932. The Labute approximate surface area is 99.3 Å². The number of hydrazine groups is 1. The summed E-state index contributed by atoms with van der Waals surface area (Å²) in [7, 11) is 1.57. The smallest absolute Gasteiger partial charge is 0.258 e. The van der Waals surface area contributed by atoms with Crippen LogP contribution in [0.1, 0.15) is 0 Å². The van der Waals surface area contributed by atoms with Gasteiger partial charge in [0.1, 0.15) is 0 Å². The Morgan fingerprint density at radius 2 is 2.41 bits per heavy atom. The van der Waals surface area contributed by atoms with Crippen molar-refractivity contribution < 1.29 is 14.3 Å². The third-order valence-electron chi connectivity index (χ3n) is 1.89. The summed E-state index contributed by atoms with van der Waals surface area (Å²) in [5.74, 6) is 5.83. The highest BCUT2D eigenvalue weighted by Gasteiger charge is 2.06. The number of nitrogens with one attached hydrogen (secondary N) is 2. The van der Waals surface area contributed by atoms with Crippen LogP contribution in [-0.2, 0) is 9.53 Å². The SMILES string of the molecule is COCCNC(=O)COc1cccnc1NN. The maximum absolute atomic E-state index is 11.3. The molecule has 1 rings (SSSR count). The van der Waals surface area contributed by atoms with E-state index in [1.807, 2.05) is 0 Å². The number of nitrogens with zero attached hydrogens (tertiary/aromatic N) is 1. The zero-order valence-corrected chi connectivity index (χ0v) is 9.60. The highest BCUT2D eigenvalue weighted by molar-refractivity contribution is 5.77. The minimum Gasteiger partial charge on any atom is -0.480 e. The molecular weight excluding hydrogens is 224 g/mol. The van der Waals surface area contributed by atoms with E-state index in [0.29, 0.717) is 24.7 Å². The summed E-state index contributed by atoms with van der Waals surface area (Å²) in [6, 6.07) is 3.36. The van der Waals surface area contributed by atoms with Gasteiger partial charge in [0.05, 0.1) is 6.61 Å². The molecule has 0 saturated carbocycles. The van der Waals surface area contributed by atoms with Crippen molar-refractivity contribution in [1.82, 2.24) is 10.3 Å². The Balaban J connectivity index is 2.36. The number of nitrogens with two attached hydrogens (primary N) is 1. The largest absolute Gasteiger partial charge is 0.480 e. The van der Waals surface area contributed by atoms with Gasteiger partial charge in [0.15, 0.2) is 18.2 Å². The van der Waals surface area contributed by atoms with Gasteiger partial charge in [0.25, 0.3) is 5.91 Å². The van der Waals surface area contributed by atoms with E-state index in [4.69, 9.17) is 15.3 Å². The molecular formula is C10H16N4O3. The van der Waals surface area contributed by atoms with Crippen molar-refractivity contribution in [3.63, 3.8) is 0 Å². The fourth-order valence-corrected chi connectivity index (χ4v) is 1.10. The number of aromatic nitrogens is 1. The van der Waals surface area contributed by atoms with Crippen LogP contribution in [-0.4, -0.2) is 37.8 Å². The predicted octanol–water partition coefficient (Wildman–Crippen LogP) is -0.491. The van der Waals surface area contributed by atoms with Gasteiger partial charge in [0.2, 0.25) is 0 Å². The summed E-state index contributed by atoms with van der Waals surface area (Å²) in [4.78, 5) is 15.3. The quantitative estimate of drug-likeness (QED) is 0.338. The molecule has 0 aliphatic heterocycles. The first-order valence-electron chi connectivity index (χ1n) is 5.08. The molecule has 94 valence electrons. The van der Waals surface area contributed by atoms with Gasteiger partial charge >= 0.3 is 0 Å². The second-order valence-corrected chi connectivity index (χ2v) is 3.13. The maximum Gasteiger partial charge on any atom is 0.258 e. The van der Waals surface area contributed by atoms with Crippen molar-refractivity contribution in [1.29, 1.82) is 0 Å². The van der Waals surface area contributed by atoms with Gasteiger partial charge in [-0.25, -0.2) is 10.8 Å². The molecule has 4 N–H and O–H groups in total. The first-order valence-corrected chi connectivity index (χ1v) is 5.08. The molecule has 0 aliphatic rings. The highest BCUT2D eigenvalue weighted by atomic mass is 16.5. The van der Waals surface area contributed by atoms with Crippen LogP contribution in [0, 0.1) is 0 Å². The van der Waals surface area contributed by atoms with E-state index in [9.17, 15) is 4.79 Å². The average molecular weight is 240 g/mol. The number of hydrogen-bond donors (Lipinski definition) is 3. The van der Waals surface area contributed by atoms with Crippen LogP contribution < -0.4 is 21.3 Å². The molecule has 7 nitrogen and oxygen atoms in total. The number of rotatable bonds is 7. The minimum atomic E-state index is -0.228. The standard InChI is InChI=1S/C10H16N4O3/c1-16-6-5-12-9(15)7-17-8-3-2-4-13-10(8)14-11/h2-4H,5-7,11H2,1H3,(H,12,15)(H,13,14). The van der Waals surface area contributed by atoms with Crippen molar-refractivity contribution in [2.45, 2.75) is 0 Å². The van der Waals surface area contributed by atoms with Crippen molar-refractivity contribution in [3.8, 4) is 5.75 Å². The number of amides is 1. The maximum atomic E-state index is 11.3. The van der Waals surface area contributed by atoms with Gasteiger partial charge in [-0.15, -0.1) is 0 Å². The van der Waals surface area contributed by atoms with Crippen LogP contribution in [0.3, 0.4) is 0 Å². The molecule has 0 bridgehead atoms. The summed E-state index contributed by atoms with van der Waals surface area (Å²) in [5, 5.41) is 2.63. The van der Waals surface area contributed by atoms with E-state index in [0.717, 1.165) is 0 Å². The number of carbonyl (C=O) groups is 1. The van der Waals surface area contributed by atoms with Crippen molar-refractivity contribution in [2.24, 2.45) is 5.84 Å². The predicted molar refractivity (Wildman–Crippen MR) is 62.4 cm³/mol. The van der Waals surface area contributed by atoms with Crippen LogP contribution >= 0.6 is 0 Å². The van der Waals surface area contributed by atoms with E-state index in [1.54, 1.807) is 25.4 Å². The normalized spacial score (nSPS) is 9.76. The van der Waals surface area contributed by atoms with Crippen LogP contribution in [0.15, 0.2) is 18.3 Å². The monoisotopic (exact) mass is 240 g/mol. The number of nitrogen functional groups attached to an aromatic ring is 1. The lowest BCUT2D eigenvalue weighted by Crippen LogP contribution is -2.31. The average Bonchev–Trinajstić information content (AvgIpc) is 2.37. The molecule has 0 fully saturated rings. The summed E-state index contributed by atoms with van der Waals surface area (Å²) in [6.07, 6.45) is 1.57. The van der Waals surface area contributed by atoms with Gasteiger partial charge in [0, 0.05) is 19.9 Å². The molecule has 0 spiro atoms. The van der Waals surface area contributed by atoms with Crippen LogP contribution in [0.25, 0.3) is 0 Å². The number of ether oxygens (including phenoxy) is 2. The third-order valence-corrected chi connectivity index (χ3v) is 1.89. The molecule has 17 heavy (non-hydrogen) atoms. The molecule has 1 aromatic heterocycles. The topological polar surface area (TPSA) is 98.5 Å². The zero-order chi connectivity index (χ0) is 12.5. The molecule has 0 unspecified atom stereocenters. The fraction of sp³-hybridized carbons (Fsp3) is 0.400. The lowest BCUT2D eigenvalue weighted by atomic mass is 10.4. The van der Waals surface area contributed by atoms with Crippen molar-refractivity contribution in [2.75, 3.05) is 32.3 Å². The molecule has 0 saturated heterocycles. The second kappa shape index (κ2) is 7.42. The molecule has 0 aromatic carbocycles. The van der Waals surface area contributed by atoms with E-state index in [1.165, 1.54) is 0 Å². The van der Waals surface area contributed by atoms with Crippen LogP contribution in [0.4, 0.5) is 5.82 Å². The van der Waals surface area contributed by atoms with Gasteiger partial charge < -0.3 is 20.2 Å².